The predicted molar refractivity (Wildman–Crippen MR) is 258 cm³/mol. The van der Waals surface area contributed by atoms with E-state index in [0.717, 1.165) is 109 Å². The normalized spacial score (nSPS) is 13.9. The van der Waals surface area contributed by atoms with Gasteiger partial charge in [0.05, 0.1) is 40.3 Å². The molecular weight excluding hydrogens is 775 g/mol. The van der Waals surface area contributed by atoms with Gasteiger partial charge in [-0.1, -0.05) is 155 Å². The molecule has 62 heavy (non-hydrogen) atoms. The fraction of sp³-hybridized carbons (Fsp3) is 0.611. The van der Waals surface area contributed by atoms with Crippen molar-refractivity contribution in [1.29, 1.82) is 0 Å². The first-order valence-corrected chi connectivity index (χ1v) is 23.9. The fourth-order valence-corrected chi connectivity index (χ4v) is 6.26. The van der Waals surface area contributed by atoms with Crippen LogP contribution in [0.3, 0.4) is 0 Å². The summed E-state index contributed by atoms with van der Waals surface area (Å²) in [5.41, 5.74) is 0. The Labute approximate surface area is 378 Å². The minimum absolute atomic E-state index is 0.0148. The van der Waals surface area contributed by atoms with Crippen molar-refractivity contribution in [1.82, 2.24) is 0 Å². The van der Waals surface area contributed by atoms with Crippen molar-refractivity contribution in [2.45, 2.75) is 174 Å². The lowest BCUT2D eigenvalue weighted by molar-refractivity contribution is -0.889. The van der Waals surface area contributed by atoms with Gasteiger partial charge in [0.15, 0.2) is 6.10 Å². The number of allylic oxidation sites excluding steroid dienone is 18. The van der Waals surface area contributed by atoms with E-state index >= 15 is 0 Å². The molecule has 8 nitrogen and oxygen atoms in total. The first-order chi connectivity index (χ1) is 30.1. The van der Waals surface area contributed by atoms with Crippen LogP contribution in [0, 0.1) is 0 Å². The van der Waals surface area contributed by atoms with Crippen LogP contribution in [0.1, 0.15) is 162 Å². The molecule has 2 unspecified atom stereocenters. The zero-order chi connectivity index (χ0) is 45.6. The number of ether oxygens (including phenoxy) is 3. The van der Waals surface area contributed by atoms with Crippen molar-refractivity contribution in [2.24, 2.45) is 0 Å². The van der Waals surface area contributed by atoms with Crippen LogP contribution < -0.4 is 5.11 Å². The molecule has 0 radical (unpaired) electrons. The largest absolute Gasteiger partial charge is 0.544 e. The van der Waals surface area contributed by atoms with E-state index in [1.807, 2.05) is 0 Å². The molecule has 0 aromatic rings. The topological polar surface area (TPSA) is 102 Å². The van der Waals surface area contributed by atoms with Gasteiger partial charge in [0.1, 0.15) is 12.6 Å². The van der Waals surface area contributed by atoms with Gasteiger partial charge < -0.3 is 28.6 Å². The Morgan fingerprint density at radius 2 is 0.855 bits per heavy atom. The first-order valence-electron chi connectivity index (χ1n) is 23.9. The van der Waals surface area contributed by atoms with Crippen molar-refractivity contribution in [2.75, 3.05) is 41.0 Å². The molecule has 0 amide bonds. The summed E-state index contributed by atoms with van der Waals surface area (Å²) < 4.78 is 17.2. The van der Waals surface area contributed by atoms with E-state index in [-0.39, 0.29) is 49.1 Å². The third-order valence-corrected chi connectivity index (χ3v) is 9.90. The summed E-state index contributed by atoms with van der Waals surface area (Å²) >= 11 is 0. The minimum Gasteiger partial charge on any atom is -0.544 e. The summed E-state index contributed by atoms with van der Waals surface area (Å²) in [4.78, 5) is 37.0. The highest BCUT2D eigenvalue weighted by atomic mass is 16.6. The second-order valence-electron chi connectivity index (χ2n) is 16.6. The molecule has 0 aromatic carbocycles. The van der Waals surface area contributed by atoms with Crippen LogP contribution in [0.25, 0.3) is 0 Å². The van der Waals surface area contributed by atoms with Gasteiger partial charge in [-0.05, 0) is 96.3 Å². The molecule has 0 aliphatic rings. The second kappa shape index (κ2) is 43.6. The standard InChI is InChI=1S/C54H87NO7/c1-6-8-10-12-14-16-18-20-22-24-26-28-30-32-34-36-38-40-42-44-52(56)61-49-50(48-60-47-46-51(54(58)59)55(3,4)5)62-53(57)45-43-41-39-37-35-33-31-29-27-25-23-21-19-17-15-13-11-9-7-2/h8-11,14-17,20-23,26-29,33,35,50-51H,6-7,12-13,18-19,24-25,30-32,34,36-49H2,1-5H3/b10-8+,11-9+,16-14+,17-15+,22-20+,23-21+,28-26+,29-27+,35-33+. The molecule has 0 spiro atoms. The number of carboxylic acid groups (broad SMARTS) is 1. The molecule has 0 aliphatic carbocycles. The molecule has 0 saturated heterocycles. The molecular formula is C54H87NO7. The maximum absolute atomic E-state index is 12.8. The number of carboxylic acids is 1. The van der Waals surface area contributed by atoms with Crippen LogP contribution in [-0.4, -0.2) is 75.5 Å². The zero-order valence-electron chi connectivity index (χ0n) is 39.7. The predicted octanol–water partition coefficient (Wildman–Crippen LogP) is 12.3. The Bertz CT molecular complexity index is 1370. The zero-order valence-corrected chi connectivity index (χ0v) is 39.7. The third kappa shape index (κ3) is 41.3. The van der Waals surface area contributed by atoms with E-state index in [0.29, 0.717) is 12.8 Å². The number of likely N-dealkylation sites (N-methyl/N-ethyl adjacent to an activating group) is 1. The molecule has 0 heterocycles. The molecule has 0 saturated carbocycles. The van der Waals surface area contributed by atoms with Crippen molar-refractivity contribution < 1.29 is 38.2 Å². The van der Waals surface area contributed by atoms with Gasteiger partial charge in [-0.15, -0.1) is 0 Å². The molecule has 0 aliphatic heterocycles. The van der Waals surface area contributed by atoms with Crippen molar-refractivity contribution >= 4 is 17.9 Å². The number of unbranched alkanes of at least 4 members (excludes halogenated alkanes) is 9. The molecule has 0 N–H and O–H groups in total. The van der Waals surface area contributed by atoms with E-state index in [4.69, 9.17) is 14.2 Å². The van der Waals surface area contributed by atoms with Crippen molar-refractivity contribution in [3.8, 4) is 0 Å². The number of hydrogen-bond acceptors (Lipinski definition) is 7. The highest BCUT2D eigenvalue weighted by Crippen LogP contribution is 2.12. The lowest BCUT2D eigenvalue weighted by Crippen LogP contribution is -2.55. The Balaban J connectivity index is 4.41. The maximum atomic E-state index is 12.8. The summed E-state index contributed by atoms with van der Waals surface area (Å²) in [5, 5.41) is 11.7. The van der Waals surface area contributed by atoms with Gasteiger partial charge >= 0.3 is 11.9 Å². The molecule has 8 heteroatoms. The SMILES string of the molecule is CC/C=C/C/C=C/C/C=C/C/C=C/C/C=C/CCCCCC(=O)OC(COCCC(C(=O)[O-])[N+](C)(C)C)COC(=O)CCCCCCCC/C=C/C/C=C/C/C=C/C/C=C/CC. The van der Waals surface area contributed by atoms with Gasteiger partial charge in [0.2, 0.25) is 0 Å². The quantitative estimate of drug-likeness (QED) is 0.0261. The van der Waals surface area contributed by atoms with E-state index in [9.17, 15) is 19.5 Å². The molecule has 2 atom stereocenters. The van der Waals surface area contributed by atoms with Gasteiger partial charge in [-0.2, -0.15) is 0 Å². The Morgan fingerprint density at radius 3 is 1.27 bits per heavy atom. The number of aliphatic carboxylic acids is 1. The number of esters is 2. The van der Waals surface area contributed by atoms with Crippen molar-refractivity contribution in [3.63, 3.8) is 0 Å². The van der Waals surface area contributed by atoms with Crippen LogP contribution in [0.2, 0.25) is 0 Å². The van der Waals surface area contributed by atoms with Crippen LogP contribution in [0.15, 0.2) is 109 Å². The fourth-order valence-electron chi connectivity index (χ4n) is 6.26. The minimum atomic E-state index is -1.14. The van der Waals surface area contributed by atoms with Gasteiger partial charge in [-0.3, -0.25) is 9.59 Å². The third-order valence-electron chi connectivity index (χ3n) is 9.90. The summed E-state index contributed by atoms with van der Waals surface area (Å²) in [6.07, 6.45) is 59.7. The Hall–Kier alpha value is -4.01. The summed E-state index contributed by atoms with van der Waals surface area (Å²) in [6, 6.07) is -0.742. The van der Waals surface area contributed by atoms with Crippen LogP contribution in [-0.2, 0) is 28.6 Å². The second-order valence-corrected chi connectivity index (χ2v) is 16.6. The number of quaternary nitrogens is 1. The van der Waals surface area contributed by atoms with Crippen LogP contribution in [0.4, 0.5) is 0 Å². The number of rotatable bonds is 41. The lowest BCUT2D eigenvalue weighted by Gasteiger charge is -2.34. The van der Waals surface area contributed by atoms with Crippen molar-refractivity contribution in [3.05, 3.63) is 109 Å². The molecule has 0 fully saturated rings. The molecule has 0 rings (SSSR count). The highest BCUT2D eigenvalue weighted by Gasteiger charge is 2.25. The van der Waals surface area contributed by atoms with Crippen LogP contribution >= 0.6 is 0 Å². The summed E-state index contributed by atoms with van der Waals surface area (Å²) in [7, 11) is 5.38. The number of carbonyl (C=O) groups excluding carboxylic acids is 3. The van der Waals surface area contributed by atoms with Gasteiger partial charge in [0.25, 0.3) is 0 Å². The van der Waals surface area contributed by atoms with Gasteiger partial charge in [-0.25, -0.2) is 0 Å². The average molecular weight is 862 g/mol. The van der Waals surface area contributed by atoms with E-state index in [1.165, 1.54) is 12.8 Å². The van der Waals surface area contributed by atoms with E-state index < -0.39 is 18.1 Å². The monoisotopic (exact) mass is 862 g/mol. The number of nitrogens with zero attached hydrogens (tertiary/aromatic N) is 1. The van der Waals surface area contributed by atoms with E-state index in [1.54, 1.807) is 21.1 Å². The molecule has 0 bridgehead atoms. The van der Waals surface area contributed by atoms with Gasteiger partial charge in [0, 0.05) is 19.3 Å². The summed E-state index contributed by atoms with van der Waals surface area (Å²) in [5.74, 6) is -1.81. The lowest BCUT2D eigenvalue weighted by atomic mass is 10.1. The smallest absolute Gasteiger partial charge is 0.306 e. The first kappa shape index (κ1) is 58.0. The average Bonchev–Trinajstić information content (AvgIpc) is 3.23. The van der Waals surface area contributed by atoms with Crippen LogP contribution in [0.5, 0.6) is 0 Å². The number of hydrogen-bond donors (Lipinski definition) is 0. The molecule has 350 valence electrons. The highest BCUT2D eigenvalue weighted by molar-refractivity contribution is 5.70. The maximum Gasteiger partial charge on any atom is 0.306 e. The van der Waals surface area contributed by atoms with E-state index in [2.05, 4.69) is 123 Å². The Morgan fingerprint density at radius 1 is 0.484 bits per heavy atom. The number of carbonyl (C=O) groups is 3. The Kier molecular flexibility index (Phi) is 40.8. The summed E-state index contributed by atoms with van der Waals surface area (Å²) in [6.45, 7) is 4.37. The molecule has 0 aromatic heterocycles.